The van der Waals surface area contributed by atoms with Crippen molar-refractivity contribution < 1.29 is 23.8 Å². The van der Waals surface area contributed by atoms with E-state index in [1.807, 2.05) is 0 Å². The Morgan fingerprint density at radius 2 is 1.73 bits per heavy atom. The van der Waals surface area contributed by atoms with Gasteiger partial charge in [-0.3, -0.25) is 14.5 Å². The molecular weight excluding hydrogens is 425 g/mol. The molecule has 8 heteroatoms. The number of fused-ring (bicyclic) bond motifs is 1. The topological polar surface area (TPSA) is 95.5 Å². The first-order valence-electron chi connectivity index (χ1n) is 10.1. The molecule has 0 saturated carbocycles. The van der Waals surface area contributed by atoms with Gasteiger partial charge in [0, 0.05) is 11.1 Å². The van der Waals surface area contributed by atoms with Crippen LogP contribution in [0.4, 0.5) is 10.3 Å². The number of Topliss-reactive ketones (excluding diaryl/α,β-unsaturated/α-hetero) is 1. The maximum absolute atomic E-state index is 14.9. The van der Waals surface area contributed by atoms with Gasteiger partial charge in [-0.15, -0.1) is 0 Å². The third-order valence-corrected chi connectivity index (χ3v) is 5.61. The van der Waals surface area contributed by atoms with E-state index in [9.17, 15) is 19.1 Å². The average Bonchev–Trinajstić information content (AvgIpc) is 3.37. The van der Waals surface area contributed by atoms with Gasteiger partial charge in [0.2, 0.25) is 5.95 Å². The molecule has 33 heavy (non-hydrogen) atoms. The SMILES string of the molecule is COc1ccc(/C(O)=C2\C(=O)C(=O)N(c3nc4ccccc4[nH]3)C2c2ccccc2F)cc1. The normalized spacial score (nSPS) is 17.6. The van der Waals surface area contributed by atoms with Crippen molar-refractivity contribution in [2.24, 2.45) is 0 Å². The van der Waals surface area contributed by atoms with Crippen LogP contribution in [-0.2, 0) is 9.59 Å². The molecule has 0 radical (unpaired) electrons. The Labute approximate surface area is 187 Å². The van der Waals surface area contributed by atoms with Crippen LogP contribution in [0.2, 0.25) is 0 Å². The summed E-state index contributed by atoms with van der Waals surface area (Å²) in [6.07, 6.45) is 0. The van der Waals surface area contributed by atoms with Crippen LogP contribution in [-0.4, -0.2) is 33.9 Å². The van der Waals surface area contributed by atoms with Gasteiger partial charge in [0.1, 0.15) is 23.4 Å². The van der Waals surface area contributed by atoms with Crippen molar-refractivity contribution in [2.75, 3.05) is 12.0 Å². The number of aliphatic hydroxyl groups excluding tert-OH is 1. The van der Waals surface area contributed by atoms with E-state index >= 15 is 0 Å². The van der Waals surface area contributed by atoms with Gasteiger partial charge in [0.05, 0.1) is 23.7 Å². The molecule has 1 saturated heterocycles. The lowest BCUT2D eigenvalue weighted by molar-refractivity contribution is -0.132. The fraction of sp³-hybridized carbons (Fsp3) is 0.0800. The Kier molecular flexibility index (Phi) is 4.90. The zero-order valence-electron chi connectivity index (χ0n) is 17.4. The second-order valence-electron chi connectivity index (χ2n) is 7.50. The van der Waals surface area contributed by atoms with Gasteiger partial charge in [0.15, 0.2) is 0 Å². The molecule has 164 valence electrons. The molecule has 0 spiro atoms. The summed E-state index contributed by atoms with van der Waals surface area (Å²) >= 11 is 0. The number of nitrogens with one attached hydrogen (secondary N) is 1. The van der Waals surface area contributed by atoms with E-state index in [2.05, 4.69) is 9.97 Å². The van der Waals surface area contributed by atoms with Crippen LogP contribution in [0.25, 0.3) is 16.8 Å². The first-order chi connectivity index (χ1) is 16.0. The second-order valence-corrected chi connectivity index (χ2v) is 7.50. The standard InChI is InChI=1S/C25H18FN3O4/c1-33-15-12-10-14(11-13-15)22(30)20-21(16-6-2-3-7-17(16)26)29(24(32)23(20)31)25-27-18-8-4-5-9-19(18)28-25/h2-13,21,30H,1H3,(H,27,28)/b22-20+. The fourth-order valence-corrected chi connectivity index (χ4v) is 4.00. The number of methoxy groups -OCH3 is 1. The molecule has 0 aliphatic carbocycles. The summed E-state index contributed by atoms with van der Waals surface area (Å²) < 4.78 is 20.1. The first-order valence-corrected chi connectivity index (χ1v) is 10.1. The highest BCUT2D eigenvalue weighted by atomic mass is 19.1. The zero-order chi connectivity index (χ0) is 23.1. The molecule has 1 amide bonds. The molecule has 2 N–H and O–H groups in total. The van der Waals surface area contributed by atoms with Crippen LogP contribution in [0.15, 0.2) is 78.4 Å². The number of H-pyrrole nitrogens is 1. The summed E-state index contributed by atoms with van der Waals surface area (Å²) in [5.41, 5.74) is 1.36. The minimum atomic E-state index is -1.21. The molecule has 1 atom stereocenters. The van der Waals surface area contributed by atoms with Crippen molar-refractivity contribution in [1.82, 2.24) is 9.97 Å². The number of benzene rings is 3. The van der Waals surface area contributed by atoms with Crippen LogP contribution in [0.3, 0.4) is 0 Å². The minimum Gasteiger partial charge on any atom is -0.507 e. The van der Waals surface area contributed by atoms with E-state index in [1.54, 1.807) is 54.6 Å². The summed E-state index contributed by atoms with van der Waals surface area (Å²) in [5, 5.41) is 11.1. The first kappa shape index (κ1) is 20.4. The molecule has 0 bridgehead atoms. The van der Waals surface area contributed by atoms with Crippen molar-refractivity contribution in [3.63, 3.8) is 0 Å². The van der Waals surface area contributed by atoms with E-state index in [1.165, 1.54) is 25.3 Å². The summed E-state index contributed by atoms with van der Waals surface area (Å²) in [6.45, 7) is 0. The zero-order valence-corrected chi connectivity index (χ0v) is 17.4. The average molecular weight is 443 g/mol. The van der Waals surface area contributed by atoms with Gasteiger partial charge in [0.25, 0.3) is 5.78 Å². The highest BCUT2D eigenvalue weighted by Crippen LogP contribution is 2.42. The van der Waals surface area contributed by atoms with Crippen LogP contribution in [0.1, 0.15) is 17.2 Å². The van der Waals surface area contributed by atoms with Crippen LogP contribution in [0, 0.1) is 5.82 Å². The van der Waals surface area contributed by atoms with Crippen molar-refractivity contribution in [2.45, 2.75) is 6.04 Å². The van der Waals surface area contributed by atoms with Crippen molar-refractivity contribution >= 4 is 34.4 Å². The van der Waals surface area contributed by atoms with Gasteiger partial charge in [-0.1, -0.05) is 30.3 Å². The molecule has 3 aromatic carbocycles. The van der Waals surface area contributed by atoms with E-state index in [0.29, 0.717) is 22.3 Å². The van der Waals surface area contributed by atoms with Crippen molar-refractivity contribution in [3.05, 3.63) is 95.3 Å². The third-order valence-electron chi connectivity index (χ3n) is 5.61. The van der Waals surface area contributed by atoms with Gasteiger partial charge in [-0.2, -0.15) is 0 Å². The van der Waals surface area contributed by atoms with Gasteiger partial charge in [-0.05, 0) is 42.5 Å². The maximum atomic E-state index is 14.9. The second kappa shape index (κ2) is 7.90. The summed E-state index contributed by atoms with van der Waals surface area (Å²) in [5.74, 6) is -2.25. The van der Waals surface area contributed by atoms with E-state index in [0.717, 1.165) is 4.90 Å². The molecule has 1 fully saturated rings. The molecule has 1 aliphatic heterocycles. The number of ether oxygens (including phenoxy) is 1. The van der Waals surface area contributed by atoms with Crippen LogP contribution in [0.5, 0.6) is 5.75 Å². The van der Waals surface area contributed by atoms with Gasteiger partial charge < -0.3 is 14.8 Å². The number of rotatable bonds is 4. The smallest absolute Gasteiger partial charge is 0.302 e. The highest BCUT2D eigenvalue weighted by Gasteiger charge is 2.49. The number of para-hydroxylation sites is 2. The Hall–Kier alpha value is -4.46. The molecule has 4 aromatic rings. The van der Waals surface area contributed by atoms with Gasteiger partial charge >= 0.3 is 5.91 Å². The number of imidazole rings is 1. The number of anilines is 1. The Morgan fingerprint density at radius 3 is 2.42 bits per heavy atom. The number of nitrogens with zero attached hydrogens (tertiary/aromatic N) is 2. The number of carbonyl (C=O) groups excluding carboxylic acids is 2. The number of amides is 1. The summed E-state index contributed by atoms with van der Waals surface area (Å²) in [7, 11) is 1.51. The monoisotopic (exact) mass is 443 g/mol. The number of aliphatic hydroxyl groups is 1. The van der Waals surface area contributed by atoms with E-state index in [4.69, 9.17) is 4.74 Å². The fourth-order valence-electron chi connectivity index (χ4n) is 4.00. The third kappa shape index (κ3) is 3.32. The number of carbonyl (C=O) groups is 2. The van der Waals surface area contributed by atoms with E-state index in [-0.39, 0.29) is 17.1 Å². The minimum absolute atomic E-state index is 0.0622. The number of hydrogen-bond acceptors (Lipinski definition) is 5. The van der Waals surface area contributed by atoms with Crippen LogP contribution < -0.4 is 9.64 Å². The number of halogens is 1. The summed E-state index contributed by atoms with van der Waals surface area (Å²) in [6, 6.07) is 18.1. The Balaban J connectivity index is 1.73. The molecule has 1 unspecified atom stereocenters. The number of aromatic nitrogens is 2. The molecule has 2 heterocycles. The lowest BCUT2D eigenvalue weighted by atomic mass is 9.95. The quantitative estimate of drug-likeness (QED) is 0.278. The number of hydrogen-bond donors (Lipinski definition) is 2. The molecule has 1 aromatic heterocycles. The molecule has 1 aliphatic rings. The molecular formula is C25H18FN3O4. The van der Waals surface area contributed by atoms with E-state index < -0.39 is 29.3 Å². The highest BCUT2D eigenvalue weighted by molar-refractivity contribution is 6.51. The van der Waals surface area contributed by atoms with Crippen LogP contribution >= 0.6 is 0 Å². The predicted molar refractivity (Wildman–Crippen MR) is 120 cm³/mol. The van der Waals surface area contributed by atoms with Crippen molar-refractivity contribution in [1.29, 1.82) is 0 Å². The van der Waals surface area contributed by atoms with Gasteiger partial charge in [-0.25, -0.2) is 9.37 Å². The number of aromatic amines is 1. The lowest BCUT2D eigenvalue weighted by Gasteiger charge is -2.23. The molecule has 5 rings (SSSR count). The maximum Gasteiger partial charge on any atom is 0.302 e. The predicted octanol–water partition coefficient (Wildman–Crippen LogP) is 4.34. The lowest BCUT2D eigenvalue weighted by Crippen LogP contribution is -2.30. The Morgan fingerprint density at radius 1 is 1.03 bits per heavy atom. The largest absolute Gasteiger partial charge is 0.507 e. The Bertz CT molecular complexity index is 1390. The number of ketones is 1. The summed E-state index contributed by atoms with van der Waals surface area (Å²) in [4.78, 5) is 34.8. The molecule has 7 nitrogen and oxygen atoms in total. The van der Waals surface area contributed by atoms with Crippen molar-refractivity contribution in [3.8, 4) is 5.75 Å².